The summed E-state index contributed by atoms with van der Waals surface area (Å²) >= 11 is 0. The molecule has 3 atom stereocenters. The van der Waals surface area contributed by atoms with Gasteiger partial charge in [-0.3, -0.25) is 14.7 Å². The van der Waals surface area contributed by atoms with Gasteiger partial charge in [-0.2, -0.15) is 8.78 Å². The van der Waals surface area contributed by atoms with Gasteiger partial charge in [0.1, 0.15) is 11.9 Å². The maximum atomic E-state index is 13.7. The fourth-order valence-corrected chi connectivity index (χ4v) is 5.54. The van der Waals surface area contributed by atoms with Crippen molar-refractivity contribution in [2.24, 2.45) is 4.99 Å². The third kappa shape index (κ3) is 7.78. The summed E-state index contributed by atoms with van der Waals surface area (Å²) in [6.07, 6.45) is -0.269. The molecule has 0 spiro atoms. The first-order valence-electron chi connectivity index (χ1n) is 14.6. The standard InChI is InChI=1S/C35H33F2N3O5/c36-35(37)45-29-20-10-8-17-26(29)32(41)31(34(43)44)39-30(24-14-5-2-6-15-24)25-16-7-9-18-27(25)38-33(42)28-19-11-21-40(28)22-23-12-3-1-4-13-23/h1-10,12-18,20,28,31-32,35,41H,11,19,21-22H2,(H,38,42)(H,43,44)/t28-,31+,32+/m0/s1. The minimum Gasteiger partial charge on any atom is -0.480 e. The lowest BCUT2D eigenvalue weighted by molar-refractivity contribution is -0.141. The lowest BCUT2D eigenvalue weighted by atomic mass is 9.97. The molecule has 1 saturated heterocycles. The van der Waals surface area contributed by atoms with Gasteiger partial charge in [-0.15, -0.1) is 0 Å². The van der Waals surface area contributed by atoms with Crippen LogP contribution >= 0.6 is 0 Å². The Labute approximate surface area is 259 Å². The van der Waals surface area contributed by atoms with E-state index in [1.54, 1.807) is 54.6 Å². The lowest BCUT2D eigenvalue weighted by Gasteiger charge is -2.25. The third-order valence-corrected chi connectivity index (χ3v) is 7.66. The molecule has 1 fully saturated rings. The molecule has 1 aliphatic rings. The Hall–Kier alpha value is -4.93. The highest BCUT2D eigenvalue weighted by Crippen LogP contribution is 2.32. The molecule has 1 aliphatic heterocycles. The maximum Gasteiger partial charge on any atom is 0.387 e. The summed E-state index contributed by atoms with van der Waals surface area (Å²) in [4.78, 5) is 32.9. The summed E-state index contributed by atoms with van der Waals surface area (Å²) in [5.41, 5.74) is 2.52. The number of halogens is 2. The summed E-state index contributed by atoms with van der Waals surface area (Å²) in [6, 6.07) is 28.9. The molecule has 3 N–H and O–H groups in total. The molecule has 1 heterocycles. The van der Waals surface area contributed by atoms with Gasteiger partial charge in [0.25, 0.3) is 0 Å². The normalized spacial score (nSPS) is 16.7. The van der Waals surface area contributed by atoms with E-state index in [2.05, 4.69) is 19.9 Å². The van der Waals surface area contributed by atoms with Crippen LogP contribution < -0.4 is 10.1 Å². The van der Waals surface area contributed by atoms with Gasteiger partial charge in [0.05, 0.1) is 17.4 Å². The van der Waals surface area contributed by atoms with E-state index in [1.165, 1.54) is 24.3 Å². The Morgan fingerprint density at radius 3 is 2.27 bits per heavy atom. The predicted molar refractivity (Wildman–Crippen MR) is 166 cm³/mol. The zero-order valence-corrected chi connectivity index (χ0v) is 24.3. The first-order valence-corrected chi connectivity index (χ1v) is 14.6. The molecule has 8 nitrogen and oxygen atoms in total. The van der Waals surface area contributed by atoms with Gasteiger partial charge in [0.15, 0.2) is 6.04 Å². The molecule has 4 aromatic carbocycles. The summed E-state index contributed by atoms with van der Waals surface area (Å²) in [5.74, 6) is -2.03. The number of amides is 1. The first kappa shape index (κ1) is 31.5. The van der Waals surface area contributed by atoms with Gasteiger partial charge in [0.2, 0.25) is 5.91 Å². The Morgan fingerprint density at radius 1 is 0.911 bits per heavy atom. The molecule has 4 aromatic rings. The smallest absolute Gasteiger partial charge is 0.387 e. The zero-order chi connectivity index (χ0) is 31.8. The number of nitrogens with zero attached hydrogens (tertiary/aromatic N) is 2. The number of nitrogens with one attached hydrogen (secondary N) is 1. The van der Waals surface area contributed by atoms with Crippen LogP contribution in [0.15, 0.2) is 114 Å². The highest BCUT2D eigenvalue weighted by atomic mass is 19.3. The summed E-state index contributed by atoms with van der Waals surface area (Å²) in [6.45, 7) is -1.77. The molecular weight excluding hydrogens is 580 g/mol. The summed E-state index contributed by atoms with van der Waals surface area (Å²) in [7, 11) is 0. The molecular formula is C35H33F2N3O5. The number of carbonyl (C=O) groups excluding carboxylic acids is 1. The number of aliphatic imine (C=N–C) groups is 1. The highest BCUT2D eigenvalue weighted by Gasteiger charge is 2.33. The number of carbonyl (C=O) groups is 2. The van der Waals surface area contributed by atoms with Crippen molar-refractivity contribution in [2.75, 3.05) is 11.9 Å². The van der Waals surface area contributed by atoms with Crippen molar-refractivity contribution in [1.82, 2.24) is 4.90 Å². The van der Waals surface area contributed by atoms with Crippen molar-refractivity contribution in [3.63, 3.8) is 0 Å². The van der Waals surface area contributed by atoms with Gasteiger partial charge in [-0.25, -0.2) is 4.79 Å². The Kier molecular flexibility index (Phi) is 10.3. The van der Waals surface area contributed by atoms with Crippen LogP contribution in [0.4, 0.5) is 14.5 Å². The number of carboxylic acids is 1. The Bertz CT molecular complexity index is 1630. The molecule has 0 bridgehead atoms. The van der Waals surface area contributed by atoms with Crippen LogP contribution in [0, 0.1) is 0 Å². The van der Waals surface area contributed by atoms with Crippen LogP contribution in [0.25, 0.3) is 0 Å². The molecule has 1 amide bonds. The topological polar surface area (TPSA) is 111 Å². The van der Waals surface area contributed by atoms with Crippen molar-refractivity contribution < 1.29 is 33.3 Å². The first-order chi connectivity index (χ1) is 21.8. The van der Waals surface area contributed by atoms with Crippen LogP contribution in [0.3, 0.4) is 0 Å². The monoisotopic (exact) mass is 613 g/mol. The molecule has 10 heteroatoms. The van der Waals surface area contributed by atoms with E-state index < -0.39 is 24.7 Å². The number of ether oxygens (including phenoxy) is 1. The highest BCUT2D eigenvalue weighted by molar-refractivity contribution is 6.17. The van der Waals surface area contributed by atoms with Crippen molar-refractivity contribution in [3.8, 4) is 5.75 Å². The number of aliphatic hydroxyl groups excluding tert-OH is 1. The van der Waals surface area contributed by atoms with E-state index >= 15 is 0 Å². The van der Waals surface area contributed by atoms with Crippen molar-refractivity contribution in [2.45, 2.75) is 44.2 Å². The second-order valence-corrected chi connectivity index (χ2v) is 10.6. The average Bonchev–Trinajstić information content (AvgIpc) is 3.51. The number of carboxylic acid groups (broad SMARTS) is 1. The van der Waals surface area contributed by atoms with Crippen LogP contribution in [0.5, 0.6) is 5.75 Å². The second kappa shape index (κ2) is 14.7. The number of hydrogen-bond acceptors (Lipinski definition) is 6. The lowest BCUT2D eigenvalue weighted by Crippen LogP contribution is -2.39. The number of alkyl halides is 2. The minimum absolute atomic E-state index is 0.150. The van der Waals surface area contributed by atoms with Crippen LogP contribution in [0.1, 0.15) is 41.2 Å². The van der Waals surface area contributed by atoms with Gasteiger partial charge in [0, 0.05) is 23.2 Å². The fraction of sp³-hybridized carbons (Fsp3) is 0.229. The third-order valence-electron chi connectivity index (χ3n) is 7.66. The average molecular weight is 614 g/mol. The Morgan fingerprint density at radius 2 is 1.56 bits per heavy atom. The molecule has 0 aromatic heterocycles. The molecule has 0 radical (unpaired) electrons. The van der Waals surface area contributed by atoms with Gasteiger partial charge >= 0.3 is 12.6 Å². The largest absolute Gasteiger partial charge is 0.480 e. The van der Waals surface area contributed by atoms with Gasteiger partial charge < -0.3 is 20.3 Å². The van der Waals surface area contributed by atoms with E-state index in [0.29, 0.717) is 29.8 Å². The number of likely N-dealkylation sites (tertiary alicyclic amines) is 1. The molecule has 45 heavy (non-hydrogen) atoms. The molecule has 0 saturated carbocycles. The van der Waals surface area contributed by atoms with Crippen LogP contribution in [-0.2, 0) is 16.1 Å². The van der Waals surface area contributed by atoms with E-state index in [4.69, 9.17) is 0 Å². The predicted octanol–water partition coefficient (Wildman–Crippen LogP) is 5.92. The number of aliphatic hydroxyl groups is 1. The number of benzene rings is 4. The van der Waals surface area contributed by atoms with E-state index in [9.17, 15) is 28.6 Å². The second-order valence-electron chi connectivity index (χ2n) is 10.6. The van der Waals surface area contributed by atoms with Crippen LogP contribution in [-0.4, -0.2) is 57.9 Å². The number of hydrogen-bond donors (Lipinski definition) is 3. The fourth-order valence-electron chi connectivity index (χ4n) is 5.54. The van der Waals surface area contributed by atoms with Crippen molar-refractivity contribution >= 4 is 23.3 Å². The number of aliphatic carboxylic acids is 1. The number of para-hydroxylation sites is 2. The molecule has 0 unspecified atom stereocenters. The zero-order valence-electron chi connectivity index (χ0n) is 24.3. The number of anilines is 1. The molecule has 5 rings (SSSR count). The Balaban J connectivity index is 1.50. The quantitative estimate of drug-likeness (QED) is 0.171. The van der Waals surface area contributed by atoms with Gasteiger partial charge in [-0.05, 0) is 37.1 Å². The molecule has 232 valence electrons. The van der Waals surface area contributed by atoms with Crippen LogP contribution in [0.2, 0.25) is 0 Å². The van der Waals surface area contributed by atoms with E-state index in [1.807, 2.05) is 30.3 Å². The van der Waals surface area contributed by atoms with Gasteiger partial charge in [-0.1, -0.05) is 97.1 Å². The SMILES string of the molecule is O=C(O)[C@H](N=C(c1ccccc1)c1ccccc1NC(=O)[C@@H]1CCCN1Cc1ccccc1)[C@H](O)c1ccccc1OC(F)F. The summed E-state index contributed by atoms with van der Waals surface area (Å²) in [5, 5.41) is 24.4. The van der Waals surface area contributed by atoms with E-state index in [-0.39, 0.29) is 29.0 Å². The molecule has 0 aliphatic carbocycles. The maximum absolute atomic E-state index is 13.7. The van der Waals surface area contributed by atoms with E-state index in [0.717, 1.165) is 18.5 Å². The number of rotatable bonds is 12. The van der Waals surface area contributed by atoms with Crippen molar-refractivity contribution in [1.29, 1.82) is 0 Å². The summed E-state index contributed by atoms with van der Waals surface area (Å²) < 4.78 is 30.7. The van der Waals surface area contributed by atoms with Crippen molar-refractivity contribution in [3.05, 3.63) is 131 Å². The minimum atomic E-state index is -3.18.